The highest BCUT2D eigenvalue weighted by Crippen LogP contribution is 2.12. The van der Waals surface area contributed by atoms with Crippen LogP contribution in [-0.4, -0.2) is 50.6 Å². The van der Waals surface area contributed by atoms with E-state index in [2.05, 4.69) is 32.7 Å². The third kappa shape index (κ3) is 6.76. The maximum atomic E-state index is 10.7. The van der Waals surface area contributed by atoms with Crippen LogP contribution in [0.4, 0.5) is 0 Å². The zero-order valence-electron chi connectivity index (χ0n) is 15.3. The van der Waals surface area contributed by atoms with Crippen LogP contribution in [0, 0.1) is 0 Å². The summed E-state index contributed by atoms with van der Waals surface area (Å²) in [6.45, 7) is 1.61. The standard InChI is InChI=1S/C19H26N4O2S/c1-21-19(23(2)12-10-17-4-3-13-26-17)22-11-9-15-5-7-16(8-6-15)25-14-18(20)24/h3-8,13H,9-12,14H2,1-2H3,(H2,20,24)(H,21,22). The van der Waals surface area contributed by atoms with Crippen LogP contribution in [0.1, 0.15) is 10.4 Å². The highest BCUT2D eigenvalue weighted by molar-refractivity contribution is 7.09. The monoisotopic (exact) mass is 374 g/mol. The molecule has 7 heteroatoms. The summed E-state index contributed by atoms with van der Waals surface area (Å²) in [5.74, 6) is 1.06. The number of likely N-dealkylation sites (N-methyl/N-ethyl adjacent to an activating group) is 1. The number of aliphatic imine (C=N–C) groups is 1. The van der Waals surface area contributed by atoms with Crippen LogP contribution in [0.2, 0.25) is 0 Å². The Labute approximate surface area is 158 Å². The van der Waals surface area contributed by atoms with Gasteiger partial charge in [0.15, 0.2) is 12.6 Å². The SMILES string of the molecule is CN=C(NCCc1ccc(OCC(N)=O)cc1)N(C)CCc1cccs1. The lowest BCUT2D eigenvalue weighted by Gasteiger charge is -2.21. The number of hydrogen-bond donors (Lipinski definition) is 2. The minimum atomic E-state index is -0.479. The number of nitrogens with zero attached hydrogens (tertiary/aromatic N) is 2. The molecule has 26 heavy (non-hydrogen) atoms. The summed E-state index contributed by atoms with van der Waals surface area (Å²) in [5.41, 5.74) is 6.25. The molecule has 1 amide bonds. The molecule has 0 radical (unpaired) electrons. The van der Waals surface area contributed by atoms with Gasteiger partial charge in [-0.1, -0.05) is 18.2 Å². The van der Waals surface area contributed by atoms with Crippen molar-refractivity contribution in [2.75, 3.05) is 33.8 Å². The molecule has 3 N–H and O–H groups in total. The molecule has 0 atom stereocenters. The van der Waals surface area contributed by atoms with Gasteiger partial charge in [-0.2, -0.15) is 0 Å². The van der Waals surface area contributed by atoms with Crippen molar-refractivity contribution in [2.24, 2.45) is 10.7 Å². The van der Waals surface area contributed by atoms with E-state index < -0.39 is 5.91 Å². The van der Waals surface area contributed by atoms with E-state index in [4.69, 9.17) is 10.5 Å². The number of benzene rings is 1. The van der Waals surface area contributed by atoms with Crippen molar-refractivity contribution in [2.45, 2.75) is 12.8 Å². The molecule has 0 aliphatic rings. The lowest BCUT2D eigenvalue weighted by molar-refractivity contribution is -0.119. The second-order valence-electron chi connectivity index (χ2n) is 5.87. The lowest BCUT2D eigenvalue weighted by Crippen LogP contribution is -2.40. The van der Waals surface area contributed by atoms with E-state index in [1.165, 1.54) is 10.4 Å². The van der Waals surface area contributed by atoms with Crippen molar-refractivity contribution < 1.29 is 9.53 Å². The maximum Gasteiger partial charge on any atom is 0.255 e. The van der Waals surface area contributed by atoms with E-state index in [-0.39, 0.29) is 6.61 Å². The van der Waals surface area contributed by atoms with E-state index in [9.17, 15) is 4.79 Å². The summed E-state index contributed by atoms with van der Waals surface area (Å²) < 4.78 is 5.26. The van der Waals surface area contributed by atoms with E-state index in [1.54, 1.807) is 18.4 Å². The van der Waals surface area contributed by atoms with Gasteiger partial charge in [-0.3, -0.25) is 9.79 Å². The van der Waals surface area contributed by atoms with Crippen molar-refractivity contribution >= 4 is 23.2 Å². The number of carbonyl (C=O) groups excluding carboxylic acids is 1. The third-order valence-electron chi connectivity index (χ3n) is 3.85. The first-order valence-corrected chi connectivity index (χ1v) is 9.40. The van der Waals surface area contributed by atoms with Crippen LogP contribution < -0.4 is 15.8 Å². The molecule has 140 valence electrons. The van der Waals surface area contributed by atoms with Crippen LogP contribution >= 0.6 is 11.3 Å². The number of amides is 1. The molecule has 1 heterocycles. The number of carbonyl (C=O) groups is 1. The Morgan fingerprint density at radius 1 is 1.27 bits per heavy atom. The fraction of sp³-hybridized carbons (Fsp3) is 0.368. The minimum absolute atomic E-state index is 0.102. The Bertz CT molecular complexity index is 699. The molecular formula is C19H26N4O2S. The summed E-state index contributed by atoms with van der Waals surface area (Å²) in [5, 5.41) is 5.49. The van der Waals surface area contributed by atoms with Crippen molar-refractivity contribution in [1.29, 1.82) is 0 Å². The second kappa shape index (κ2) is 10.5. The Balaban J connectivity index is 1.73. The van der Waals surface area contributed by atoms with Gasteiger partial charge in [0.25, 0.3) is 5.91 Å². The molecule has 0 saturated heterocycles. The van der Waals surface area contributed by atoms with Crippen LogP contribution in [0.5, 0.6) is 5.75 Å². The zero-order valence-corrected chi connectivity index (χ0v) is 16.1. The van der Waals surface area contributed by atoms with Gasteiger partial charge in [0.05, 0.1) is 0 Å². The number of ether oxygens (including phenoxy) is 1. The molecule has 1 aromatic carbocycles. The predicted molar refractivity (Wildman–Crippen MR) is 107 cm³/mol. The fourth-order valence-electron chi connectivity index (χ4n) is 2.45. The quantitative estimate of drug-likeness (QED) is 0.519. The molecule has 0 aliphatic carbocycles. The molecular weight excluding hydrogens is 348 g/mol. The number of thiophene rings is 1. The molecule has 2 rings (SSSR count). The molecule has 2 aromatic rings. The summed E-state index contributed by atoms with van der Waals surface area (Å²) in [6.07, 6.45) is 1.88. The molecule has 0 spiro atoms. The normalized spacial score (nSPS) is 11.2. The minimum Gasteiger partial charge on any atom is -0.484 e. The number of nitrogens with one attached hydrogen (secondary N) is 1. The molecule has 0 saturated carbocycles. The zero-order chi connectivity index (χ0) is 18.8. The lowest BCUT2D eigenvalue weighted by atomic mass is 10.1. The van der Waals surface area contributed by atoms with Gasteiger partial charge in [0.1, 0.15) is 5.75 Å². The average molecular weight is 375 g/mol. The van der Waals surface area contributed by atoms with E-state index in [0.717, 1.165) is 31.9 Å². The summed E-state index contributed by atoms with van der Waals surface area (Å²) in [7, 11) is 3.85. The molecule has 0 bridgehead atoms. The van der Waals surface area contributed by atoms with Crippen molar-refractivity contribution in [3.8, 4) is 5.75 Å². The van der Waals surface area contributed by atoms with Gasteiger partial charge < -0.3 is 20.7 Å². The van der Waals surface area contributed by atoms with Crippen molar-refractivity contribution in [3.05, 3.63) is 52.2 Å². The smallest absolute Gasteiger partial charge is 0.255 e. The highest BCUT2D eigenvalue weighted by atomic mass is 32.1. The summed E-state index contributed by atoms with van der Waals surface area (Å²) in [6, 6.07) is 11.9. The molecule has 0 unspecified atom stereocenters. The first-order valence-electron chi connectivity index (χ1n) is 8.52. The highest BCUT2D eigenvalue weighted by Gasteiger charge is 2.06. The number of guanidine groups is 1. The van der Waals surface area contributed by atoms with Gasteiger partial charge in [-0.05, 0) is 42.0 Å². The topological polar surface area (TPSA) is 80.0 Å². The number of hydrogen-bond acceptors (Lipinski definition) is 4. The number of nitrogens with two attached hydrogens (primary N) is 1. The Morgan fingerprint density at radius 2 is 2.04 bits per heavy atom. The molecule has 0 fully saturated rings. The van der Waals surface area contributed by atoms with Gasteiger partial charge in [0, 0.05) is 32.1 Å². The number of rotatable bonds is 9. The van der Waals surface area contributed by atoms with Gasteiger partial charge >= 0.3 is 0 Å². The van der Waals surface area contributed by atoms with Gasteiger partial charge in [-0.15, -0.1) is 11.3 Å². The maximum absolute atomic E-state index is 10.7. The van der Waals surface area contributed by atoms with Gasteiger partial charge in [0.2, 0.25) is 0 Å². The predicted octanol–water partition coefficient (Wildman–Crippen LogP) is 1.90. The molecule has 0 aliphatic heterocycles. The molecule has 1 aromatic heterocycles. The first kappa shape index (κ1) is 19.8. The summed E-state index contributed by atoms with van der Waals surface area (Å²) >= 11 is 1.78. The van der Waals surface area contributed by atoms with Crippen molar-refractivity contribution in [3.63, 3.8) is 0 Å². The van der Waals surface area contributed by atoms with Crippen LogP contribution in [-0.2, 0) is 17.6 Å². The summed E-state index contributed by atoms with van der Waals surface area (Å²) in [4.78, 5) is 18.6. The largest absolute Gasteiger partial charge is 0.484 e. The van der Waals surface area contributed by atoms with Gasteiger partial charge in [-0.25, -0.2) is 0 Å². The first-order chi connectivity index (χ1) is 12.6. The number of primary amides is 1. The Hall–Kier alpha value is -2.54. The van der Waals surface area contributed by atoms with E-state index >= 15 is 0 Å². The Kier molecular flexibility index (Phi) is 7.95. The van der Waals surface area contributed by atoms with Crippen LogP contribution in [0.25, 0.3) is 0 Å². The van der Waals surface area contributed by atoms with E-state index in [0.29, 0.717) is 5.75 Å². The van der Waals surface area contributed by atoms with Crippen LogP contribution in [0.3, 0.4) is 0 Å². The van der Waals surface area contributed by atoms with Crippen LogP contribution in [0.15, 0.2) is 46.8 Å². The third-order valence-corrected chi connectivity index (χ3v) is 4.78. The Morgan fingerprint density at radius 3 is 2.65 bits per heavy atom. The average Bonchev–Trinajstić information content (AvgIpc) is 3.16. The molecule has 6 nitrogen and oxygen atoms in total. The fourth-order valence-corrected chi connectivity index (χ4v) is 3.15. The second-order valence-corrected chi connectivity index (χ2v) is 6.91. The van der Waals surface area contributed by atoms with E-state index in [1.807, 2.05) is 31.3 Å². The van der Waals surface area contributed by atoms with Crippen molar-refractivity contribution in [1.82, 2.24) is 10.2 Å².